The van der Waals surface area contributed by atoms with Gasteiger partial charge in [0, 0.05) is 37.4 Å². The maximum Gasteiger partial charge on any atom is 0.308 e. The summed E-state index contributed by atoms with van der Waals surface area (Å²) < 4.78 is 0. The molecule has 1 atom stereocenters. The van der Waals surface area contributed by atoms with Crippen LogP contribution in [-0.4, -0.2) is 60.0 Å². The van der Waals surface area contributed by atoms with Crippen LogP contribution >= 0.6 is 0 Å². The fourth-order valence-corrected chi connectivity index (χ4v) is 2.58. The minimum absolute atomic E-state index is 0.0212. The number of hydrogen-bond donors (Lipinski definition) is 3. The Morgan fingerprint density at radius 1 is 1.18 bits per heavy atom. The van der Waals surface area contributed by atoms with Crippen molar-refractivity contribution in [3.05, 3.63) is 24.3 Å². The number of rotatable bonds is 7. The Morgan fingerprint density at radius 3 is 2.23 bits per heavy atom. The molecular weight excluding hydrogens is 288 g/mol. The molecule has 1 aromatic carbocycles. The molecule has 1 aromatic rings. The Kier molecular flexibility index (Phi) is 5.35. The van der Waals surface area contributed by atoms with Gasteiger partial charge in [0.2, 0.25) is 5.91 Å². The average molecular weight is 308 g/mol. The lowest BCUT2D eigenvalue weighted by molar-refractivity contribution is -0.141. The average Bonchev–Trinajstić information content (AvgIpc) is 2.89. The number of aliphatic hydroxyl groups is 2. The largest absolute Gasteiger partial charge is 0.481 e. The molecule has 7 heteroatoms. The lowest BCUT2D eigenvalue weighted by atomic mass is 10.1. The van der Waals surface area contributed by atoms with Crippen LogP contribution in [0.3, 0.4) is 0 Å². The highest BCUT2D eigenvalue weighted by Crippen LogP contribution is 2.27. The maximum atomic E-state index is 11.9. The van der Waals surface area contributed by atoms with Crippen molar-refractivity contribution in [3.8, 4) is 0 Å². The molecule has 2 rings (SSSR count). The topological polar surface area (TPSA) is 101 Å². The molecule has 22 heavy (non-hydrogen) atoms. The van der Waals surface area contributed by atoms with E-state index in [-0.39, 0.29) is 32.1 Å². The first-order valence-corrected chi connectivity index (χ1v) is 7.16. The van der Waals surface area contributed by atoms with Crippen molar-refractivity contribution in [1.82, 2.24) is 0 Å². The number of carboxylic acid groups (broad SMARTS) is 1. The Morgan fingerprint density at radius 2 is 1.77 bits per heavy atom. The first-order valence-electron chi connectivity index (χ1n) is 7.16. The Labute approximate surface area is 128 Å². The Bertz CT molecular complexity index is 525. The first kappa shape index (κ1) is 16.3. The van der Waals surface area contributed by atoms with E-state index in [4.69, 9.17) is 15.3 Å². The molecule has 0 spiro atoms. The predicted octanol–water partition coefficient (Wildman–Crippen LogP) is -0.0849. The number of aliphatic hydroxyl groups excluding tert-OH is 2. The SMILES string of the molecule is O=C(O)[C@H]1CC(=O)N(c2ccc(N(CCO)CCO)cc2)C1. The minimum Gasteiger partial charge on any atom is -0.481 e. The van der Waals surface area contributed by atoms with Crippen LogP contribution in [0.5, 0.6) is 0 Å². The smallest absolute Gasteiger partial charge is 0.308 e. The number of anilines is 2. The van der Waals surface area contributed by atoms with Gasteiger partial charge in [0.25, 0.3) is 0 Å². The van der Waals surface area contributed by atoms with Gasteiger partial charge in [0.15, 0.2) is 0 Å². The van der Waals surface area contributed by atoms with E-state index >= 15 is 0 Å². The van der Waals surface area contributed by atoms with Gasteiger partial charge in [-0.25, -0.2) is 0 Å². The van der Waals surface area contributed by atoms with Crippen LogP contribution in [0.25, 0.3) is 0 Å². The molecule has 0 bridgehead atoms. The fourth-order valence-electron chi connectivity index (χ4n) is 2.58. The number of aliphatic carboxylic acids is 1. The summed E-state index contributed by atoms with van der Waals surface area (Å²) >= 11 is 0. The van der Waals surface area contributed by atoms with Crippen molar-refractivity contribution in [3.63, 3.8) is 0 Å². The van der Waals surface area contributed by atoms with Gasteiger partial charge in [-0.05, 0) is 24.3 Å². The molecule has 1 fully saturated rings. The summed E-state index contributed by atoms with van der Waals surface area (Å²) in [5.74, 6) is -1.81. The molecule has 0 unspecified atom stereocenters. The Hall–Kier alpha value is -2.12. The maximum absolute atomic E-state index is 11.9. The monoisotopic (exact) mass is 308 g/mol. The molecule has 1 heterocycles. The number of carbonyl (C=O) groups is 2. The van der Waals surface area contributed by atoms with E-state index < -0.39 is 11.9 Å². The Balaban J connectivity index is 2.11. The summed E-state index contributed by atoms with van der Waals surface area (Å²) in [5.41, 5.74) is 1.48. The van der Waals surface area contributed by atoms with Crippen LogP contribution in [0.15, 0.2) is 24.3 Å². The first-order chi connectivity index (χ1) is 10.6. The minimum atomic E-state index is -0.954. The lowest BCUT2D eigenvalue weighted by Crippen LogP contribution is -2.30. The number of carboxylic acids is 1. The van der Waals surface area contributed by atoms with Gasteiger partial charge < -0.3 is 25.1 Å². The van der Waals surface area contributed by atoms with E-state index in [0.717, 1.165) is 5.69 Å². The molecule has 1 amide bonds. The molecule has 0 aliphatic carbocycles. The highest BCUT2D eigenvalue weighted by Gasteiger charge is 2.34. The molecular formula is C15H20N2O5. The second-order valence-electron chi connectivity index (χ2n) is 5.19. The molecule has 1 aliphatic rings. The third-order valence-electron chi connectivity index (χ3n) is 3.74. The number of benzene rings is 1. The summed E-state index contributed by atoms with van der Waals surface area (Å²) in [6, 6.07) is 7.09. The van der Waals surface area contributed by atoms with E-state index in [2.05, 4.69) is 0 Å². The van der Waals surface area contributed by atoms with Crippen LogP contribution in [0.2, 0.25) is 0 Å². The van der Waals surface area contributed by atoms with E-state index in [9.17, 15) is 9.59 Å². The highest BCUT2D eigenvalue weighted by atomic mass is 16.4. The summed E-state index contributed by atoms with van der Waals surface area (Å²) in [6.45, 7) is 0.955. The van der Waals surface area contributed by atoms with Gasteiger partial charge in [0.05, 0.1) is 19.1 Å². The van der Waals surface area contributed by atoms with Crippen LogP contribution < -0.4 is 9.80 Å². The van der Waals surface area contributed by atoms with Crippen molar-refractivity contribution in [2.75, 3.05) is 42.6 Å². The molecule has 3 N–H and O–H groups in total. The number of amides is 1. The van der Waals surface area contributed by atoms with Crippen molar-refractivity contribution in [1.29, 1.82) is 0 Å². The normalized spacial score (nSPS) is 17.8. The van der Waals surface area contributed by atoms with Crippen molar-refractivity contribution >= 4 is 23.3 Å². The second kappa shape index (κ2) is 7.24. The lowest BCUT2D eigenvalue weighted by Gasteiger charge is -2.24. The number of hydrogen-bond acceptors (Lipinski definition) is 5. The van der Waals surface area contributed by atoms with E-state index in [1.807, 2.05) is 4.90 Å². The summed E-state index contributed by atoms with van der Waals surface area (Å²) in [4.78, 5) is 26.2. The molecule has 1 saturated heterocycles. The van der Waals surface area contributed by atoms with Crippen LogP contribution in [0.4, 0.5) is 11.4 Å². The van der Waals surface area contributed by atoms with Gasteiger partial charge >= 0.3 is 5.97 Å². The summed E-state index contributed by atoms with van der Waals surface area (Å²) in [5, 5.41) is 27.1. The zero-order valence-corrected chi connectivity index (χ0v) is 12.2. The standard InChI is InChI=1S/C15H20N2O5/c18-7-5-16(6-8-19)12-1-3-13(4-2-12)17-10-11(15(21)22)9-14(17)20/h1-4,11,18-19H,5-10H2,(H,21,22)/t11-/m0/s1. The number of nitrogens with zero attached hydrogens (tertiary/aromatic N) is 2. The highest BCUT2D eigenvalue weighted by molar-refractivity contribution is 5.99. The molecule has 120 valence electrons. The van der Waals surface area contributed by atoms with Crippen LogP contribution in [-0.2, 0) is 9.59 Å². The molecule has 7 nitrogen and oxygen atoms in total. The van der Waals surface area contributed by atoms with E-state index in [1.165, 1.54) is 4.90 Å². The van der Waals surface area contributed by atoms with Gasteiger partial charge in [0.1, 0.15) is 0 Å². The molecule has 1 aliphatic heterocycles. The molecule has 0 aromatic heterocycles. The predicted molar refractivity (Wildman–Crippen MR) is 80.9 cm³/mol. The van der Waals surface area contributed by atoms with Crippen LogP contribution in [0.1, 0.15) is 6.42 Å². The zero-order chi connectivity index (χ0) is 16.1. The summed E-state index contributed by atoms with van der Waals surface area (Å²) in [7, 11) is 0. The van der Waals surface area contributed by atoms with Gasteiger partial charge in [-0.2, -0.15) is 0 Å². The number of carbonyl (C=O) groups excluding carboxylic acids is 1. The fraction of sp³-hybridized carbons (Fsp3) is 0.467. The summed E-state index contributed by atoms with van der Waals surface area (Å²) in [6.07, 6.45) is 0.0260. The van der Waals surface area contributed by atoms with Gasteiger partial charge in [-0.1, -0.05) is 0 Å². The quantitative estimate of drug-likeness (QED) is 0.651. The third-order valence-corrected chi connectivity index (χ3v) is 3.74. The molecule has 0 saturated carbocycles. The van der Waals surface area contributed by atoms with Crippen LogP contribution in [0, 0.1) is 5.92 Å². The second-order valence-corrected chi connectivity index (χ2v) is 5.19. The van der Waals surface area contributed by atoms with E-state index in [1.54, 1.807) is 24.3 Å². The third kappa shape index (κ3) is 3.55. The van der Waals surface area contributed by atoms with Crippen molar-refractivity contribution < 1.29 is 24.9 Å². The molecule has 0 radical (unpaired) electrons. The zero-order valence-electron chi connectivity index (χ0n) is 12.2. The van der Waals surface area contributed by atoms with Crippen molar-refractivity contribution in [2.24, 2.45) is 5.92 Å². The van der Waals surface area contributed by atoms with Crippen molar-refractivity contribution in [2.45, 2.75) is 6.42 Å². The van der Waals surface area contributed by atoms with E-state index in [0.29, 0.717) is 18.8 Å². The van der Waals surface area contributed by atoms with Gasteiger partial charge in [-0.3, -0.25) is 9.59 Å². The van der Waals surface area contributed by atoms with Gasteiger partial charge in [-0.15, -0.1) is 0 Å².